The average Bonchev–Trinajstić information content (AvgIpc) is 2.93. The van der Waals surface area contributed by atoms with Crippen LogP contribution < -0.4 is 10.6 Å². The molecule has 1 atom stereocenters. The molecule has 19 heavy (non-hydrogen) atoms. The third-order valence-corrected chi connectivity index (χ3v) is 3.43. The van der Waals surface area contributed by atoms with E-state index in [4.69, 9.17) is 4.74 Å². The third kappa shape index (κ3) is 4.65. The molecule has 2 rings (SSSR count). The molecule has 0 radical (unpaired) electrons. The molecule has 1 heterocycles. The molecule has 0 saturated carbocycles. The molecule has 1 aromatic carbocycles. The number of hydrogen-bond donors (Lipinski definition) is 2. The van der Waals surface area contributed by atoms with Crippen LogP contribution >= 0.6 is 0 Å². The van der Waals surface area contributed by atoms with Gasteiger partial charge in [0, 0.05) is 12.3 Å². The summed E-state index contributed by atoms with van der Waals surface area (Å²) in [4.78, 5) is 11.8. The highest BCUT2D eigenvalue weighted by Gasteiger charge is 2.17. The van der Waals surface area contributed by atoms with Crippen molar-refractivity contribution in [2.75, 3.05) is 25.0 Å². The number of quaternary nitrogens is 1. The molecule has 1 aliphatic rings. The number of nitrogens with two attached hydrogens (primary N) is 1. The second-order valence-corrected chi connectivity index (χ2v) is 4.96. The summed E-state index contributed by atoms with van der Waals surface area (Å²) in [5.74, 6) is 0.0437. The molecule has 1 aliphatic heterocycles. The lowest BCUT2D eigenvalue weighted by molar-refractivity contribution is -0.649. The molecule has 4 nitrogen and oxygen atoms in total. The summed E-state index contributed by atoms with van der Waals surface area (Å²) < 4.78 is 5.52. The monoisotopic (exact) mass is 263 g/mol. The molecule has 0 aliphatic carbocycles. The van der Waals surface area contributed by atoms with Crippen molar-refractivity contribution < 1.29 is 14.8 Å². The first-order valence-corrected chi connectivity index (χ1v) is 7.10. The van der Waals surface area contributed by atoms with Gasteiger partial charge in [0.2, 0.25) is 0 Å². The van der Waals surface area contributed by atoms with Crippen LogP contribution in [0.15, 0.2) is 24.3 Å². The third-order valence-electron chi connectivity index (χ3n) is 3.43. The minimum Gasteiger partial charge on any atom is -0.372 e. The Morgan fingerprint density at radius 2 is 2.21 bits per heavy atom. The number of aryl methyl sites for hydroxylation is 1. The molecule has 0 spiro atoms. The van der Waals surface area contributed by atoms with Gasteiger partial charge in [-0.1, -0.05) is 19.1 Å². The number of amides is 1. The molecule has 3 N–H and O–H groups in total. The molecule has 1 aromatic rings. The van der Waals surface area contributed by atoms with Crippen molar-refractivity contribution in [1.82, 2.24) is 0 Å². The summed E-state index contributed by atoms with van der Waals surface area (Å²) in [6, 6.07) is 8.00. The highest BCUT2D eigenvalue weighted by Crippen LogP contribution is 2.10. The summed E-state index contributed by atoms with van der Waals surface area (Å²) in [5, 5.41) is 4.93. The Labute approximate surface area is 114 Å². The van der Waals surface area contributed by atoms with E-state index in [0.29, 0.717) is 12.6 Å². The van der Waals surface area contributed by atoms with Crippen LogP contribution in [-0.2, 0) is 16.0 Å². The number of ether oxygens (including phenoxy) is 1. The largest absolute Gasteiger partial charge is 0.372 e. The van der Waals surface area contributed by atoms with E-state index in [9.17, 15) is 4.79 Å². The maximum absolute atomic E-state index is 11.8. The van der Waals surface area contributed by atoms with Crippen molar-refractivity contribution in [3.05, 3.63) is 29.8 Å². The van der Waals surface area contributed by atoms with Gasteiger partial charge < -0.3 is 15.4 Å². The maximum atomic E-state index is 11.8. The Kier molecular flexibility index (Phi) is 5.36. The lowest BCUT2D eigenvalue weighted by atomic mass is 10.1. The van der Waals surface area contributed by atoms with E-state index < -0.39 is 0 Å². The van der Waals surface area contributed by atoms with Gasteiger partial charge in [-0.2, -0.15) is 0 Å². The van der Waals surface area contributed by atoms with E-state index in [-0.39, 0.29) is 5.91 Å². The fourth-order valence-corrected chi connectivity index (χ4v) is 2.27. The van der Waals surface area contributed by atoms with Crippen molar-refractivity contribution in [3.8, 4) is 0 Å². The zero-order chi connectivity index (χ0) is 13.5. The van der Waals surface area contributed by atoms with Gasteiger partial charge in [-0.05, 0) is 37.0 Å². The predicted octanol–water partition coefficient (Wildman–Crippen LogP) is 0.930. The van der Waals surface area contributed by atoms with Crippen molar-refractivity contribution in [1.29, 1.82) is 0 Å². The van der Waals surface area contributed by atoms with Gasteiger partial charge in [0.1, 0.15) is 12.6 Å². The van der Waals surface area contributed by atoms with Crippen molar-refractivity contribution in [2.24, 2.45) is 0 Å². The standard InChI is InChI=1S/C15H22N2O2/c1-2-12-5-7-13(8-6-12)17-15(18)11-16-10-14-4-3-9-19-14/h5-8,14,16H,2-4,9-11H2,1H3,(H,17,18)/p+1/t14-/m1/s1. The molecule has 1 amide bonds. The van der Waals surface area contributed by atoms with Crippen molar-refractivity contribution in [2.45, 2.75) is 32.3 Å². The minimum atomic E-state index is 0.0437. The van der Waals surface area contributed by atoms with Gasteiger partial charge in [0.25, 0.3) is 5.91 Å². The van der Waals surface area contributed by atoms with E-state index >= 15 is 0 Å². The van der Waals surface area contributed by atoms with Gasteiger partial charge in [-0.3, -0.25) is 4.79 Å². The second kappa shape index (κ2) is 7.26. The summed E-state index contributed by atoms with van der Waals surface area (Å²) in [7, 11) is 0. The Morgan fingerprint density at radius 1 is 1.42 bits per heavy atom. The average molecular weight is 263 g/mol. The van der Waals surface area contributed by atoms with Crippen LogP contribution in [0.5, 0.6) is 0 Å². The SMILES string of the molecule is CCc1ccc(NC(=O)C[NH2+]C[C@H]2CCCO2)cc1. The highest BCUT2D eigenvalue weighted by molar-refractivity contribution is 5.91. The Balaban J connectivity index is 1.68. The lowest BCUT2D eigenvalue weighted by Gasteiger charge is -2.08. The number of carbonyl (C=O) groups excluding carboxylic acids is 1. The summed E-state index contributed by atoms with van der Waals surface area (Å²) in [6.07, 6.45) is 3.62. The molecule has 0 unspecified atom stereocenters. The highest BCUT2D eigenvalue weighted by atomic mass is 16.5. The van der Waals surface area contributed by atoms with E-state index in [1.807, 2.05) is 29.6 Å². The Bertz CT molecular complexity index is 397. The van der Waals surface area contributed by atoms with E-state index in [1.165, 1.54) is 5.56 Å². The quantitative estimate of drug-likeness (QED) is 0.802. The minimum absolute atomic E-state index is 0.0437. The van der Waals surface area contributed by atoms with Crippen molar-refractivity contribution >= 4 is 11.6 Å². The number of benzene rings is 1. The molecule has 0 aromatic heterocycles. The maximum Gasteiger partial charge on any atom is 0.279 e. The van der Waals surface area contributed by atoms with Gasteiger partial charge in [-0.25, -0.2) is 0 Å². The van der Waals surface area contributed by atoms with Gasteiger partial charge in [0.15, 0.2) is 6.54 Å². The Morgan fingerprint density at radius 3 is 2.84 bits per heavy atom. The molecular weight excluding hydrogens is 240 g/mol. The van der Waals surface area contributed by atoms with Crippen LogP contribution in [-0.4, -0.2) is 31.7 Å². The van der Waals surface area contributed by atoms with Gasteiger partial charge in [0.05, 0.1) is 0 Å². The molecule has 1 fully saturated rings. The molecule has 4 heteroatoms. The fourth-order valence-electron chi connectivity index (χ4n) is 2.27. The van der Waals surface area contributed by atoms with Crippen molar-refractivity contribution in [3.63, 3.8) is 0 Å². The summed E-state index contributed by atoms with van der Waals surface area (Å²) in [5.41, 5.74) is 2.15. The first-order valence-electron chi connectivity index (χ1n) is 7.10. The van der Waals surface area contributed by atoms with E-state index in [0.717, 1.165) is 38.1 Å². The predicted molar refractivity (Wildman–Crippen MR) is 75.1 cm³/mol. The molecule has 104 valence electrons. The number of hydrogen-bond acceptors (Lipinski definition) is 2. The molecule has 0 bridgehead atoms. The normalized spacial score (nSPS) is 18.5. The van der Waals surface area contributed by atoms with Gasteiger partial charge in [-0.15, -0.1) is 0 Å². The number of rotatable bonds is 6. The smallest absolute Gasteiger partial charge is 0.279 e. The number of anilines is 1. The number of nitrogens with one attached hydrogen (secondary N) is 1. The topological polar surface area (TPSA) is 54.9 Å². The zero-order valence-corrected chi connectivity index (χ0v) is 11.5. The fraction of sp³-hybridized carbons (Fsp3) is 0.533. The Hall–Kier alpha value is -1.39. The van der Waals surface area contributed by atoms with Crippen LogP contribution in [0, 0.1) is 0 Å². The van der Waals surface area contributed by atoms with Crippen LogP contribution in [0.4, 0.5) is 5.69 Å². The molecule has 1 saturated heterocycles. The van der Waals surface area contributed by atoms with Crippen LogP contribution in [0.1, 0.15) is 25.3 Å². The summed E-state index contributed by atoms with van der Waals surface area (Å²) in [6.45, 7) is 4.32. The first-order chi connectivity index (χ1) is 9.28. The van der Waals surface area contributed by atoms with Crippen LogP contribution in [0.3, 0.4) is 0 Å². The van der Waals surface area contributed by atoms with E-state index in [1.54, 1.807) is 0 Å². The molecular formula is C15H23N2O2+. The summed E-state index contributed by atoms with van der Waals surface area (Å²) >= 11 is 0. The lowest BCUT2D eigenvalue weighted by Crippen LogP contribution is -2.88. The van der Waals surface area contributed by atoms with Crippen LogP contribution in [0.2, 0.25) is 0 Å². The second-order valence-electron chi connectivity index (χ2n) is 4.96. The zero-order valence-electron chi connectivity index (χ0n) is 11.5. The number of carbonyl (C=O) groups is 1. The van der Waals surface area contributed by atoms with Crippen LogP contribution in [0.25, 0.3) is 0 Å². The van der Waals surface area contributed by atoms with E-state index in [2.05, 4.69) is 12.2 Å². The first kappa shape index (κ1) is 14.0. The van der Waals surface area contributed by atoms with Gasteiger partial charge >= 0.3 is 0 Å².